The van der Waals surface area contributed by atoms with E-state index in [9.17, 15) is 0 Å². The number of hydrogen-bond donors (Lipinski definition) is 1. The van der Waals surface area contributed by atoms with E-state index in [0.29, 0.717) is 0 Å². The quantitative estimate of drug-likeness (QED) is 0.803. The van der Waals surface area contributed by atoms with E-state index >= 15 is 0 Å². The average molecular weight is 217 g/mol. The minimum atomic E-state index is 0.855. The summed E-state index contributed by atoms with van der Waals surface area (Å²) in [5.41, 5.74) is 4.55. The van der Waals surface area contributed by atoms with Gasteiger partial charge >= 0.3 is 0 Å². The second-order valence-electron chi connectivity index (χ2n) is 4.86. The fourth-order valence-corrected chi connectivity index (χ4v) is 2.66. The molecule has 1 N–H and O–H groups in total. The van der Waals surface area contributed by atoms with Crippen LogP contribution in [0.4, 0.5) is 5.69 Å². The first-order chi connectivity index (χ1) is 7.85. The van der Waals surface area contributed by atoms with Gasteiger partial charge in [0.05, 0.1) is 0 Å². The monoisotopic (exact) mass is 217 g/mol. The number of fused-ring (bicyclic) bond motifs is 1. The molecule has 88 valence electrons. The van der Waals surface area contributed by atoms with Gasteiger partial charge in [-0.15, -0.1) is 0 Å². The highest BCUT2D eigenvalue weighted by Gasteiger charge is 2.14. The summed E-state index contributed by atoms with van der Waals surface area (Å²) in [5, 5.41) is 3.51. The molecule has 0 fully saturated rings. The molecule has 1 heterocycles. The van der Waals surface area contributed by atoms with Crippen molar-refractivity contribution in [2.75, 3.05) is 11.9 Å². The van der Waals surface area contributed by atoms with Crippen LogP contribution in [-0.2, 0) is 12.8 Å². The van der Waals surface area contributed by atoms with Crippen LogP contribution in [0.25, 0.3) is 0 Å². The van der Waals surface area contributed by atoms with Crippen molar-refractivity contribution in [1.29, 1.82) is 0 Å². The number of anilines is 1. The number of nitrogens with one attached hydrogen (secondary N) is 1. The van der Waals surface area contributed by atoms with Gasteiger partial charge in [0.15, 0.2) is 0 Å². The van der Waals surface area contributed by atoms with Crippen molar-refractivity contribution >= 4 is 5.69 Å². The Morgan fingerprint density at radius 3 is 2.81 bits per heavy atom. The van der Waals surface area contributed by atoms with Gasteiger partial charge in [-0.1, -0.05) is 38.8 Å². The fraction of sp³-hybridized carbons (Fsp3) is 0.600. The van der Waals surface area contributed by atoms with Gasteiger partial charge in [-0.05, 0) is 42.4 Å². The van der Waals surface area contributed by atoms with Crippen molar-refractivity contribution in [3.05, 3.63) is 29.3 Å². The van der Waals surface area contributed by atoms with Crippen LogP contribution in [0.1, 0.15) is 44.2 Å². The molecule has 1 heteroatoms. The van der Waals surface area contributed by atoms with Gasteiger partial charge in [0.1, 0.15) is 0 Å². The summed E-state index contributed by atoms with van der Waals surface area (Å²) in [6.07, 6.45) is 6.41. The minimum absolute atomic E-state index is 0.855. The molecule has 0 saturated heterocycles. The van der Waals surface area contributed by atoms with Crippen molar-refractivity contribution in [3.63, 3.8) is 0 Å². The molecule has 0 bridgehead atoms. The molecule has 0 saturated carbocycles. The van der Waals surface area contributed by atoms with Crippen LogP contribution in [0.2, 0.25) is 0 Å². The van der Waals surface area contributed by atoms with Crippen molar-refractivity contribution in [2.24, 2.45) is 5.92 Å². The molecule has 1 aromatic rings. The van der Waals surface area contributed by atoms with Gasteiger partial charge < -0.3 is 5.32 Å². The van der Waals surface area contributed by atoms with Crippen molar-refractivity contribution in [1.82, 2.24) is 0 Å². The predicted octanol–water partition coefficient (Wildman–Crippen LogP) is 4.02. The third-order valence-electron chi connectivity index (χ3n) is 3.86. The van der Waals surface area contributed by atoms with Gasteiger partial charge in [0, 0.05) is 12.2 Å². The van der Waals surface area contributed by atoms with Gasteiger partial charge in [0.25, 0.3) is 0 Å². The summed E-state index contributed by atoms with van der Waals surface area (Å²) in [7, 11) is 0. The standard InChI is InChI=1S/C15H23N/c1-3-12(4-2)11-13-7-5-9-15-14(13)8-6-10-16-15/h5,7,9,12,16H,3-4,6,8,10-11H2,1-2H3. The fourth-order valence-electron chi connectivity index (χ4n) is 2.66. The lowest BCUT2D eigenvalue weighted by atomic mass is 9.89. The molecule has 16 heavy (non-hydrogen) atoms. The van der Waals surface area contributed by atoms with E-state index in [-0.39, 0.29) is 0 Å². The maximum Gasteiger partial charge on any atom is 0.0375 e. The highest BCUT2D eigenvalue weighted by molar-refractivity contribution is 5.56. The normalized spacial score (nSPS) is 14.7. The van der Waals surface area contributed by atoms with Gasteiger partial charge in [0.2, 0.25) is 0 Å². The number of benzene rings is 1. The average Bonchev–Trinajstić information content (AvgIpc) is 2.36. The van der Waals surface area contributed by atoms with E-state index in [4.69, 9.17) is 0 Å². The lowest BCUT2D eigenvalue weighted by molar-refractivity contribution is 0.488. The Kier molecular flexibility index (Phi) is 3.87. The SMILES string of the molecule is CCC(CC)Cc1cccc2c1CCCN2. The summed E-state index contributed by atoms with van der Waals surface area (Å²) in [5.74, 6) is 0.855. The summed E-state index contributed by atoms with van der Waals surface area (Å²) in [6.45, 7) is 5.76. The Labute approximate surface area is 99.3 Å². The topological polar surface area (TPSA) is 12.0 Å². The molecule has 0 radical (unpaired) electrons. The second-order valence-corrected chi connectivity index (χ2v) is 4.86. The van der Waals surface area contributed by atoms with E-state index in [1.54, 1.807) is 11.1 Å². The molecule has 1 aromatic carbocycles. The van der Waals surface area contributed by atoms with Gasteiger partial charge in [-0.25, -0.2) is 0 Å². The summed E-state index contributed by atoms with van der Waals surface area (Å²) in [4.78, 5) is 0. The third-order valence-corrected chi connectivity index (χ3v) is 3.86. The molecule has 0 amide bonds. The van der Waals surface area contributed by atoms with Gasteiger partial charge in [-0.3, -0.25) is 0 Å². The molecule has 1 aliphatic heterocycles. The zero-order chi connectivity index (χ0) is 11.4. The number of hydrogen-bond acceptors (Lipinski definition) is 1. The van der Waals surface area contributed by atoms with Crippen LogP contribution in [0.3, 0.4) is 0 Å². The molecule has 0 spiro atoms. The lowest BCUT2D eigenvalue weighted by Crippen LogP contribution is -2.14. The smallest absolute Gasteiger partial charge is 0.0375 e. The van der Waals surface area contributed by atoms with Crippen molar-refractivity contribution in [3.8, 4) is 0 Å². The molecule has 2 rings (SSSR count). The first kappa shape index (κ1) is 11.5. The zero-order valence-corrected chi connectivity index (χ0v) is 10.6. The first-order valence-corrected chi connectivity index (χ1v) is 6.69. The molecular formula is C15H23N. The molecule has 0 atom stereocenters. The van der Waals surface area contributed by atoms with Crippen molar-refractivity contribution in [2.45, 2.75) is 46.0 Å². The Balaban J connectivity index is 2.20. The van der Waals surface area contributed by atoms with E-state index in [1.165, 1.54) is 37.8 Å². The Hall–Kier alpha value is -0.980. The van der Waals surface area contributed by atoms with Crippen LogP contribution in [0, 0.1) is 5.92 Å². The first-order valence-electron chi connectivity index (χ1n) is 6.69. The predicted molar refractivity (Wildman–Crippen MR) is 71.0 cm³/mol. The third kappa shape index (κ3) is 2.40. The van der Waals surface area contributed by atoms with E-state index in [0.717, 1.165) is 12.5 Å². The summed E-state index contributed by atoms with van der Waals surface area (Å²) < 4.78 is 0. The van der Waals surface area contributed by atoms with E-state index in [2.05, 4.69) is 37.4 Å². The molecule has 0 aliphatic carbocycles. The van der Waals surface area contributed by atoms with Crippen molar-refractivity contribution < 1.29 is 0 Å². The highest BCUT2D eigenvalue weighted by Crippen LogP contribution is 2.28. The maximum absolute atomic E-state index is 3.51. The molecule has 0 aromatic heterocycles. The second kappa shape index (κ2) is 5.38. The van der Waals surface area contributed by atoms with E-state index < -0.39 is 0 Å². The summed E-state index contributed by atoms with van der Waals surface area (Å²) in [6, 6.07) is 6.75. The lowest BCUT2D eigenvalue weighted by Gasteiger charge is -2.22. The number of rotatable bonds is 4. The largest absolute Gasteiger partial charge is 0.385 e. The van der Waals surface area contributed by atoms with Crippen LogP contribution < -0.4 is 5.32 Å². The molecule has 0 unspecified atom stereocenters. The maximum atomic E-state index is 3.51. The van der Waals surface area contributed by atoms with Crippen LogP contribution >= 0.6 is 0 Å². The van der Waals surface area contributed by atoms with Crippen LogP contribution in [0.15, 0.2) is 18.2 Å². The summed E-state index contributed by atoms with van der Waals surface area (Å²) >= 11 is 0. The Morgan fingerprint density at radius 1 is 1.25 bits per heavy atom. The zero-order valence-electron chi connectivity index (χ0n) is 10.6. The van der Waals surface area contributed by atoms with E-state index in [1.807, 2.05) is 0 Å². The highest BCUT2D eigenvalue weighted by atomic mass is 14.9. The van der Waals surface area contributed by atoms with Gasteiger partial charge in [-0.2, -0.15) is 0 Å². The minimum Gasteiger partial charge on any atom is -0.385 e. The van der Waals surface area contributed by atoms with Crippen LogP contribution in [-0.4, -0.2) is 6.54 Å². The Morgan fingerprint density at radius 2 is 2.06 bits per heavy atom. The Bertz CT molecular complexity index is 339. The molecule has 1 nitrogen and oxygen atoms in total. The molecule has 1 aliphatic rings. The van der Waals surface area contributed by atoms with Crippen LogP contribution in [0.5, 0.6) is 0 Å². The molecular weight excluding hydrogens is 194 g/mol.